The van der Waals surface area contributed by atoms with Crippen molar-refractivity contribution < 1.29 is 28.8 Å². The topological polar surface area (TPSA) is 74.2 Å². The fraction of sp³-hybridized carbons (Fsp3) is 0.750. The molecule has 0 saturated heterocycles. The van der Waals surface area contributed by atoms with Gasteiger partial charge in [-0.25, -0.2) is 4.79 Å². The number of esters is 1. The van der Waals surface area contributed by atoms with Gasteiger partial charge in [-0.2, -0.15) is 0 Å². The van der Waals surface area contributed by atoms with Gasteiger partial charge in [0.1, 0.15) is 6.61 Å². The highest BCUT2D eigenvalue weighted by molar-refractivity contribution is 5.87. The Morgan fingerprint density at radius 3 is 2.33 bits per heavy atom. The van der Waals surface area contributed by atoms with Crippen molar-refractivity contribution in [2.45, 2.75) is 13.8 Å². The third-order valence-corrected chi connectivity index (χ3v) is 1.81. The van der Waals surface area contributed by atoms with E-state index in [1.54, 1.807) is 13.8 Å². The maximum absolute atomic E-state index is 11.2. The Bertz CT molecular complexity index is 239. The van der Waals surface area contributed by atoms with E-state index in [1.807, 2.05) is 0 Å². The van der Waals surface area contributed by atoms with E-state index >= 15 is 0 Å². The molecule has 0 bridgehead atoms. The predicted molar refractivity (Wildman–Crippen MR) is 65.1 cm³/mol. The molecule has 0 heterocycles. The summed E-state index contributed by atoms with van der Waals surface area (Å²) >= 11 is 0. The lowest BCUT2D eigenvalue weighted by Gasteiger charge is -2.05. The first-order chi connectivity index (χ1) is 8.72. The van der Waals surface area contributed by atoms with E-state index in [-0.39, 0.29) is 12.6 Å². The van der Waals surface area contributed by atoms with Gasteiger partial charge in [0.15, 0.2) is 0 Å². The fourth-order valence-electron chi connectivity index (χ4n) is 0.971. The van der Waals surface area contributed by atoms with E-state index in [2.05, 4.69) is 0 Å². The van der Waals surface area contributed by atoms with Gasteiger partial charge in [-0.3, -0.25) is 0 Å². The zero-order valence-corrected chi connectivity index (χ0v) is 11.0. The summed E-state index contributed by atoms with van der Waals surface area (Å²) in [6, 6.07) is 0. The van der Waals surface area contributed by atoms with Crippen molar-refractivity contribution in [1.82, 2.24) is 0 Å². The van der Waals surface area contributed by atoms with Crippen LogP contribution in [0.15, 0.2) is 11.8 Å². The third-order valence-electron chi connectivity index (χ3n) is 1.81. The van der Waals surface area contributed by atoms with Crippen LogP contribution in [0.3, 0.4) is 0 Å². The van der Waals surface area contributed by atoms with Crippen molar-refractivity contribution in [3.05, 3.63) is 11.8 Å². The summed E-state index contributed by atoms with van der Waals surface area (Å²) in [5.41, 5.74) is 0.420. The van der Waals surface area contributed by atoms with Crippen LogP contribution in [0.4, 0.5) is 0 Å². The summed E-state index contributed by atoms with van der Waals surface area (Å²) < 4.78 is 20.1. The fourth-order valence-corrected chi connectivity index (χ4v) is 0.971. The Kier molecular flexibility index (Phi) is 11.6. The Morgan fingerprint density at radius 2 is 1.72 bits per heavy atom. The highest BCUT2D eigenvalue weighted by atomic mass is 16.5. The summed E-state index contributed by atoms with van der Waals surface area (Å²) in [5, 5.41) is 8.44. The van der Waals surface area contributed by atoms with Crippen LogP contribution in [0, 0.1) is 0 Å². The number of carbonyl (C=O) groups is 1. The molecule has 0 spiro atoms. The average molecular weight is 262 g/mol. The molecule has 0 aliphatic carbocycles. The number of hydrogen-bond donors (Lipinski definition) is 1. The Labute approximate surface area is 107 Å². The molecule has 0 saturated carbocycles. The molecule has 0 radical (unpaired) electrons. The first kappa shape index (κ1) is 16.9. The number of aliphatic hydroxyl groups is 1. The number of hydrogen-bond acceptors (Lipinski definition) is 6. The summed E-state index contributed by atoms with van der Waals surface area (Å²) in [7, 11) is 0. The van der Waals surface area contributed by atoms with Crippen LogP contribution < -0.4 is 0 Å². The van der Waals surface area contributed by atoms with E-state index in [9.17, 15) is 4.79 Å². The summed E-state index contributed by atoms with van der Waals surface area (Å²) in [6.07, 6.45) is 1.36. The molecule has 1 N–H and O–H groups in total. The molecule has 0 rings (SSSR count). The number of ether oxygens (including phenoxy) is 4. The van der Waals surface area contributed by atoms with Gasteiger partial charge in [0.25, 0.3) is 0 Å². The molecule has 0 aromatic carbocycles. The van der Waals surface area contributed by atoms with Crippen molar-refractivity contribution in [3.8, 4) is 0 Å². The molecule has 18 heavy (non-hydrogen) atoms. The molecule has 0 atom stereocenters. The highest BCUT2D eigenvalue weighted by Gasteiger charge is 2.03. The van der Waals surface area contributed by atoms with Crippen molar-refractivity contribution >= 4 is 5.97 Å². The quantitative estimate of drug-likeness (QED) is 0.253. The first-order valence-electron chi connectivity index (χ1n) is 5.94. The SMILES string of the molecule is CCOC(=O)/C(C)=C/OCCOCCOCCO. The summed E-state index contributed by atoms with van der Waals surface area (Å²) in [4.78, 5) is 11.2. The largest absolute Gasteiger partial charge is 0.498 e. The van der Waals surface area contributed by atoms with E-state index in [0.29, 0.717) is 45.2 Å². The van der Waals surface area contributed by atoms with Crippen LogP contribution in [0.25, 0.3) is 0 Å². The zero-order chi connectivity index (χ0) is 13.6. The van der Waals surface area contributed by atoms with Gasteiger partial charge in [0, 0.05) is 0 Å². The van der Waals surface area contributed by atoms with E-state index in [1.165, 1.54) is 6.26 Å². The molecule has 6 nitrogen and oxygen atoms in total. The van der Waals surface area contributed by atoms with Gasteiger partial charge < -0.3 is 24.1 Å². The maximum Gasteiger partial charge on any atom is 0.336 e. The van der Waals surface area contributed by atoms with Gasteiger partial charge in [0.2, 0.25) is 0 Å². The van der Waals surface area contributed by atoms with Crippen LogP contribution in [0.5, 0.6) is 0 Å². The Morgan fingerprint density at radius 1 is 1.11 bits per heavy atom. The smallest absolute Gasteiger partial charge is 0.336 e. The van der Waals surface area contributed by atoms with E-state index in [4.69, 9.17) is 24.1 Å². The van der Waals surface area contributed by atoms with Crippen LogP contribution >= 0.6 is 0 Å². The minimum absolute atomic E-state index is 0.0149. The second kappa shape index (κ2) is 12.3. The Hall–Kier alpha value is -1.11. The molecule has 0 aromatic rings. The number of carbonyl (C=O) groups excluding carboxylic acids is 1. The minimum atomic E-state index is -0.379. The standard InChI is InChI=1S/C12H22O6/c1-3-18-12(14)11(2)10-17-9-8-16-7-6-15-5-4-13/h10,13H,3-9H2,1-2H3/b11-10+. The molecule has 106 valence electrons. The molecular weight excluding hydrogens is 240 g/mol. The molecular formula is C12H22O6. The second-order valence-electron chi connectivity index (χ2n) is 3.34. The van der Waals surface area contributed by atoms with Crippen molar-refractivity contribution in [2.75, 3.05) is 46.2 Å². The number of aliphatic hydroxyl groups excluding tert-OH is 1. The predicted octanol–water partition coefficient (Wildman–Crippen LogP) is 0.495. The van der Waals surface area contributed by atoms with Gasteiger partial charge in [-0.05, 0) is 13.8 Å². The number of rotatable bonds is 11. The highest BCUT2D eigenvalue weighted by Crippen LogP contribution is 1.97. The van der Waals surface area contributed by atoms with Crippen molar-refractivity contribution in [3.63, 3.8) is 0 Å². The van der Waals surface area contributed by atoms with Gasteiger partial charge in [-0.1, -0.05) is 0 Å². The zero-order valence-electron chi connectivity index (χ0n) is 11.0. The molecule has 0 unspecified atom stereocenters. The lowest BCUT2D eigenvalue weighted by Crippen LogP contribution is -2.10. The first-order valence-corrected chi connectivity index (χ1v) is 5.94. The van der Waals surface area contributed by atoms with Gasteiger partial charge in [0.05, 0.1) is 51.5 Å². The normalized spacial score (nSPS) is 11.4. The molecule has 0 aromatic heterocycles. The van der Waals surface area contributed by atoms with Crippen molar-refractivity contribution in [2.24, 2.45) is 0 Å². The monoisotopic (exact) mass is 262 g/mol. The lowest BCUT2D eigenvalue weighted by molar-refractivity contribution is -0.138. The second-order valence-corrected chi connectivity index (χ2v) is 3.34. The molecule has 0 aliphatic heterocycles. The third kappa shape index (κ3) is 10.1. The molecule has 0 fully saturated rings. The Balaban J connectivity index is 3.38. The lowest BCUT2D eigenvalue weighted by atomic mass is 10.3. The summed E-state index contributed by atoms with van der Waals surface area (Å²) in [6.45, 7) is 5.72. The maximum atomic E-state index is 11.2. The van der Waals surface area contributed by atoms with Crippen LogP contribution in [-0.2, 0) is 23.7 Å². The molecule has 0 amide bonds. The average Bonchev–Trinajstić information content (AvgIpc) is 2.36. The van der Waals surface area contributed by atoms with Crippen molar-refractivity contribution in [1.29, 1.82) is 0 Å². The minimum Gasteiger partial charge on any atom is -0.498 e. The van der Waals surface area contributed by atoms with Crippen LogP contribution in [0.1, 0.15) is 13.8 Å². The molecule has 6 heteroatoms. The molecule has 0 aliphatic rings. The van der Waals surface area contributed by atoms with Gasteiger partial charge >= 0.3 is 5.97 Å². The van der Waals surface area contributed by atoms with Crippen LogP contribution in [0.2, 0.25) is 0 Å². The van der Waals surface area contributed by atoms with E-state index in [0.717, 1.165) is 0 Å². The summed E-state index contributed by atoms with van der Waals surface area (Å²) in [5.74, 6) is -0.379. The van der Waals surface area contributed by atoms with E-state index < -0.39 is 0 Å². The van der Waals surface area contributed by atoms with Crippen LogP contribution in [-0.4, -0.2) is 57.3 Å². The van der Waals surface area contributed by atoms with Gasteiger partial charge in [-0.15, -0.1) is 0 Å².